The third kappa shape index (κ3) is 4.47. The number of benzene rings is 1. The number of hydrogen-bond acceptors (Lipinski definition) is 4. The molecule has 0 saturated carbocycles. The van der Waals surface area contributed by atoms with Gasteiger partial charge in [0, 0.05) is 37.8 Å². The highest BCUT2D eigenvalue weighted by Gasteiger charge is 2.33. The van der Waals surface area contributed by atoms with Gasteiger partial charge < -0.3 is 24.0 Å². The van der Waals surface area contributed by atoms with Gasteiger partial charge in [0.2, 0.25) is 0 Å². The molecule has 5 nitrogen and oxygen atoms in total. The predicted molar refractivity (Wildman–Crippen MR) is 103 cm³/mol. The van der Waals surface area contributed by atoms with Crippen molar-refractivity contribution in [1.82, 2.24) is 9.47 Å². The quantitative estimate of drug-likeness (QED) is 0.817. The van der Waals surface area contributed by atoms with E-state index >= 15 is 0 Å². The van der Waals surface area contributed by atoms with Crippen molar-refractivity contribution in [2.45, 2.75) is 50.4 Å². The summed E-state index contributed by atoms with van der Waals surface area (Å²) in [5, 5.41) is 11.5. The number of aliphatic hydroxyl groups is 1. The highest BCUT2D eigenvalue weighted by Crippen LogP contribution is 2.30. The third-order valence-corrected chi connectivity index (χ3v) is 5.76. The molecular weight excluding hydrogens is 366 g/mol. The number of ether oxygens (including phenoxy) is 2. The molecule has 154 valence electrons. The van der Waals surface area contributed by atoms with Crippen molar-refractivity contribution in [3.05, 3.63) is 30.5 Å². The number of halogens is 2. The molecule has 28 heavy (non-hydrogen) atoms. The van der Waals surface area contributed by atoms with Gasteiger partial charge >= 0.3 is 0 Å². The first-order valence-corrected chi connectivity index (χ1v) is 10.1. The number of alkyl halides is 2. The zero-order valence-electron chi connectivity index (χ0n) is 16.0. The Balaban J connectivity index is 1.35. The van der Waals surface area contributed by atoms with E-state index in [0.29, 0.717) is 13.2 Å². The highest BCUT2D eigenvalue weighted by molar-refractivity contribution is 5.86. The van der Waals surface area contributed by atoms with Gasteiger partial charge in [-0.1, -0.05) is 6.07 Å². The molecule has 1 atom stereocenters. The lowest BCUT2D eigenvalue weighted by Crippen LogP contribution is -2.51. The van der Waals surface area contributed by atoms with Gasteiger partial charge in [0.25, 0.3) is 6.43 Å². The Labute approximate surface area is 163 Å². The van der Waals surface area contributed by atoms with Crippen LogP contribution in [-0.4, -0.2) is 65.6 Å². The van der Waals surface area contributed by atoms with Crippen molar-refractivity contribution in [3.8, 4) is 5.75 Å². The Bertz CT molecular complexity index is 781. The van der Waals surface area contributed by atoms with Crippen LogP contribution in [0.5, 0.6) is 5.75 Å². The van der Waals surface area contributed by atoms with E-state index in [9.17, 15) is 13.9 Å². The molecule has 2 saturated heterocycles. The van der Waals surface area contributed by atoms with Gasteiger partial charge in [-0.15, -0.1) is 0 Å². The minimum absolute atomic E-state index is 0.0950. The maximum absolute atomic E-state index is 12.7. The third-order valence-electron chi connectivity index (χ3n) is 5.76. The molecule has 1 aromatic carbocycles. The van der Waals surface area contributed by atoms with E-state index in [4.69, 9.17) is 9.47 Å². The molecule has 2 fully saturated rings. The summed E-state index contributed by atoms with van der Waals surface area (Å²) >= 11 is 0. The second-order valence-corrected chi connectivity index (χ2v) is 8.02. The summed E-state index contributed by atoms with van der Waals surface area (Å²) in [5.41, 5.74) is 0.0419. The highest BCUT2D eigenvalue weighted by atomic mass is 19.3. The zero-order valence-corrected chi connectivity index (χ0v) is 16.0. The zero-order chi connectivity index (χ0) is 19.6. The number of nitrogens with zero attached hydrogens (tertiary/aromatic N) is 2. The minimum Gasteiger partial charge on any atom is -0.490 e. The molecule has 2 aliphatic rings. The van der Waals surface area contributed by atoms with Crippen molar-refractivity contribution in [2.75, 3.05) is 32.8 Å². The molecule has 0 radical (unpaired) electrons. The van der Waals surface area contributed by atoms with E-state index in [1.807, 2.05) is 24.3 Å². The van der Waals surface area contributed by atoms with Crippen LogP contribution in [0.2, 0.25) is 0 Å². The lowest BCUT2D eigenvalue weighted by Gasteiger charge is -2.39. The van der Waals surface area contributed by atoms with Crippen molar-refractivity contribution in [2.24, 2.45) is 0 Å². The molecule has 0 spiro atoms. The molecule has 1 unspecified atom stereocenters. The predicted octanol–water partition coefficient (Wildman–Crippen LogP) is 3.29. The van der Waals surface area contributed by atoms with E-state index in [1.54, 1.807) is 10.8 Å². The fraction of sp³-hybridized carbons (Fsp3) is 0.619. The molecule has 4 rings (SSSR count). The van der Waals surface area contributed by atoms with Gasteiger partial charge in [0.1, 0.15) is 17.5 Å². The average molecular weight is 394 g/mol. The molecule has 0 aliphatic carbocycles. The first-order valence-electron chi connectivity index (χ1n) is 10.1. The lowest BCUT2D eigenvalue weighted by molar-refractivity contribution is -0.104. The number of likely N-dealkylation sites (tertiary alicyclic amines) is 1. The van der Waals surface area contributed by atoms with E-state index in [-0.39, 0.29) is 12.6 Å². The molecular formula is C21H28F2N2O3. The Morgan fingerprint density at radius 3 is 2.79 bits per heavy atom. The SMILES string of the molecule is OC1(CN2CCC(Oc3cccc4c3ccn4CC(F)F)CC2)CCCOC1. The van der Waals surface area contributed by atoms with Gasteiger partial charge in [-0.2, -0.15) is 0 Å². The summed E-state index contributed by atoms with van der Waals surface area (Å²) in [7, 11) is 0. The summed E-state index contributed by atoms with van der Waals surface area (Å²) in [6.45, 7) is 3.23. The lowest BCUT2D eigenvalue weighted by atomic mass is 9.95. The Hall–Kier alpha value is -1.70. The van der Waals surface area contributed by atoms with Crippen molar-refractivity contribution in [3.63, 3.8) is 0 Å². The summed E-state index contributed by atoms with van der Waals surface area (Å²) in [6, 6.07) is 7.46. The second kappa shape index (κ2) is 8.35. The monoisotopic (exact) mass is 394 g/mol. The summed E-state index contributed by atoms with van der Waals surface area (Å²) < 4.78 is 38.7. The Morgan fingerprint density at radius 1 is 1.25 bits per heavy atom. The summed E-state index contributed by atoms with van der Waals surface area (Å²) in [4.78, 5) is 2.29. The molecule has 1 N–H and O–H groups in total. The molecule has 1 aromatic heterocycles. The summed E-state index contributed by atoms with van der Waals surface area (Å²) in [5.74, 6) is 0.753. The second-order valence-electron chi connectivity index (χ2n) is 8.02. The molecule has 0 bridgehead atoms. The van der Waals surface area contributed by atoms with Crippen LogP contribution in [0.15, 0.2) is 30.5 Å². The smallest absolute Gasteiger partial charge is 0.256 e. The normalized spacial score (nSPS) is 24.9. The van der Waals surface area contributed by atoms with Gasteiger partial charge in [0.15, 0.2) is 0 Å². The number of piperidine rings is 1. The van der Waals surface area contributed by atoms with E-state index in [1.165, 1.54) is 0 Å². The van der Waals surface area contributed by atoms with Crippen LogP contribution in [0.25, 0.3) is 10.9 Å². The number of fused-ring (bicyclic) bond motifs is 1. The van der Waals surface area contributed by atoms with Crippen LogP contribution >= 0.6 is 0 Å². The Morgan fingerprint density at radius 2 is 2.07 bits per heavy atom. The topological polar surface area (TPSA) is 46.9 Å². The van der Waals surface area contributed by atoms with Crippen molar-refractivity contribution < 1.29 is 23.4 Å². The van der Waals surface area contributed by atoms with Crippen LogP contribution in [-0.2, 0) is 11.3 Å². The largest absolute Gasteiger partial charge is 0.490 e. The van der Waals surface area contributed by atoms with Crippen LogP contribution in [0.1, 0.15) is 25.7 Å². The fourth-order valence-electron chi connectivity index (χ4n) is 4.35. The molecule has 7 heteroatoms. The molecule has 3 heterocycles. The number of rotatable bonds is 6. The summed E-state index contributed by atoms with van der Waals surface area (Å²) in [6.07, 6.45) is 2.87. The van der Waals surface area contributed by atoms with E-state index < -0.39 is 12.0 Å². The standard InChI is InChI=1S/C21H28F2N2O3/c22-20(23)13-25-11-7-17-18(25)3-1-4-19(17)28-16-5-9-24(10-6-16)14-21(26)8-2-12-27-15-21/h1,3-4,7,11,16,20,26H,2,5-6,8-10,12-15H2. The van der Waals surface area contributed by atoms with Crippen molar-refractivity contribution >= 4 is 10.9 Å². The van der Waals surface area contributed by atoms with Gasteiger partial charge in [-0.3, -0.25) is 0 Å². The Kier molecular flexibility index (Phi) is 5.85. The van der Waals surface area contributed by atoms with E-state index in [2.05, 4.69) is 4.90 Å². The van der Waals surface area contributed by atoms with Crippen LogP contribution in [0, 0.1) is 0 Å². The molecule has 0 amide bonds. The van der Waals surface area contributed by atoms with Crippen molar-refractivity contribution in [1.29, 1.82) is 0 Å². The van der Waals surface area contributed by atoms with Crippen LogP contribution in [0.3, 0.4) is 0 Å². The molecule has 2 aliphatic heterocycles. The maximum atomic E-state index is 12.7. The maximum Gasteiger partial charge on any atom is 0.256 e. The van der Waals surface area contributed by atoms with Gasteiger partial charge in [0.05, 0.1) is 18.7 Å². The van der Waals surface area contributed by atoms with Crippen LogP contribution < -0.4 is 4.74 Å². The number of aromatic nitrogens is 1. The number of hydrogen-bond donors (Lipinski definition) is 1. The first kappa shape index (κ1) is 19.6. The van der Waals surface area contributed by atoms with Gasteiger partial charge in [-0.05, 0) is 43.9 Å². The number of β-amino-alcohol motifs (C(OH)–C–C–N with tert-alkyl or cyclic N) is 1. The first-order chi connectivity index (χ1) is 13.5. The van der Waals surface area contributed by atoms with E-state index in [0.717, 1.165) is 62.0 Å². The van der Waals surface area contributed by atoms with Crippen LogP contribution in [0.4, 0.5) is 8.78 Å². The average Bonchev–Trinajstić information content (AvgIpc) is 3.07. The minimum atomic E-state index is -2.38. The fourth-order valence-corrected chi connectivity index (χ4v) is 4.35. The van der Waals surface area contributed by atoms with Gasteiger partial charge in [-0.25, -0.2) is 8.78 Å². The molecule has 2 aromatic rings.